The summed E-state index contributed by atoms with van der Waals surface area (Å²) in [5.74, 6) is 0.517. The Morgan fingerprint density at radius 3 is 2.38 bits per heavy atom. The zero-order valence-electron chi connectivity index (χ0n) is 18.5. The topological polar surface area (TPSA) is 53.9 Å². The molecule has 5 heteroatoms. The minimum absolute atomic E-state index is 0.156. The van der Waals surface area contributed by atoms with Gasteiger partial charge in [0.15, 0.2) is 6.67 Å². The summed E-state index contributed by atoms with van der Waals surface area (Å²) >= 11 is 0. The maximum Gasteiger partial charge on any atom is 0.329 e. The average Bonchev–Trinajstić information content (AvgIpc) is 3.04. The van der Waals surface area contributed by atoms with E-state index in [1.54, 1.807) is 0 Å². The van der Waals surface area contributed by atoms with E-state index in [4.69, 9.17) is 0 Å². The monoisotopic (exact) mass is 428 g/mol. The van der Waals surface area contributed by atoms with Crippen LogP contribution in [0.5, 0.6) is 0 Å². The van der Waals surface area contributed by atoms with Crippen molar-refractivity contribution in [2.45, 2.75) is 31.7 Å². The van der Waals surface area contributed by atoms with Crippen LogP contribution in [-0.2, 0) is 16.8 Å². The zero-order chi connectivity index (χ0) is 22.1. The van der Waals surface area contributed by atoms with Crippen molar-refractivity contribution < 1.29 is 14.5 Å². The van der Waals surface area contributed by atoms with E-state index in [1.807, 2.05) is 49.4 Å². The van der Waals surface area contributed by atoms with E-state index in [9.17, 15) is 9.59 Å². The molecule has 0 unspecified atom stereocenters. The number of nitrogens with zero attached hydrogens (tertiary/aromatic N) is 1. The van der Waals surface area contributed by atoms with Crippen molar-refractivity contribution in [1.29, 1.82) is 0 Å². The molecule has 0 saturated carbocycles. The summed E-state index contributed by atoms with van der Waals surface area (Å²) in [6, 6.07) is 24.4. The molecular weight excluding hydrogens is 398 g/mol. The van der Waals surface area contributed by atoms with Crippen molar-refractivity contribution in [3.05, 3.63) is 83.9 Å². The van der Waals surface area contributed by atoms with E-state index in [0.717, 1.165) is 48.7 Å². The van der Waals surface area contributed by atoms with Crippen LogP contribution >= 0.6 is 0 Å². The molecule has 3 aromatic carbocycles. The van der Waals surface area contributed by atoms with Crippen molar-refractivity contribution in [1.82, 2.24) is 10.2 Å². The van der Waals surface area contributed by atoms with Gasteiger partial charge in [-0.2, -0.15) is 0 Å². The lowest BCUT2D eigenvalue weighted by Crippen LogP contribution is -3.14. The van der Waals surface area contributed by atoms with Crippen molar-refractivity contribution in [3.63, 3.8) is 0 Å². The number of hydrogen-bond donors (Lipinski definition) is 2. The Morgan fingerprint density at radius 2 is 1.62 bits per heavy atom. The zero-order valence-corrected chi connectivity index (χ0v) is 18.5. The molecule has 1 atom stereocenters. The number of imide groups is 1. The van der Waals surface area contributed by atoms with Crippen LogP contribution in [-0.4, -0.2) is 36.6 Å². The second kappa shape index (κ2) is 8.40. The van der Waals surface area contributed by atoms with Gasteiger partial charge in [-0.3, -0.25) is 4.79 Å². The normalized spacial score (nSPS) is 25.8. The van der Waals surface area contributed by atoms with Gasteiger partial charge in [0.25, 0.3) is 5.91 Å². The average molecular weight is 429 g/mol. The maximum atomic E-state index is 13.4. The molecule has 2 aliphatic heterocycles. The number of urea groups is 1. The van der Waals surface area contributed by atoms with Crippen LogP contribution in [0.3, 0.4) is 0 Å². The Balaban J connectivity index is 1.24. The quantitative estimate of drug-likeness (QED) is 0.614. The van der Waals surface area contributed by atoms with Crippen LogP contribution in [0, 0.1) is 5.92 Å². The summed E-state index contributed by atoms with van der Waals surface area (Å²) in [5, 5.41) is 5.16. The first-order valence-electron chi connectivity index (χ1n) is 11.5. The molecule has 2 heterocycles. The summed E-state index contributed by atoms with van der Waals surface area (Å²) in [5.41, 5.74) is 1.20. The standard InChI is InChI=1S/C27H29N3O2/c1-27(24-12-11-22-9-5-6-10-23(22)18-24)25(31)30(26(32)28-27)19-29-15-13-21(14-16-29)17-20-7-3-2-4-8-20/h2-12,18,21H,13-17,19H2,1H3,(H,28,32)/p+1/t27-/m1/s1. The van der Waals surface area contributed by atoms with Gasteiger partial charge in [-0.05, 0) is 60.1 Å². The van der Waals surface area contributed by atoms with Crippen molar-refractivity contribution in [2.24, 2.45) is 5.92 Å². The number of benzene rings is 3. The molecule has 5 rings (SSSR count). The summed E-state index contributed by atoms with van der Waals surface area (Å²) < 4.78 is 0. The third kappa shape index (κ3) is 3.89. The van der Waals surface area contributed by atoms with Gasteiger partial charge >= 0.3 is 6.03 Å². The third-order valence-electron chi connectivity index (χ3n) is 7.16. The molecule has 3 amide bonds. The van der Waals surface area contributed by atoms with Crippen LogP contribution in [0.25, 0.3) is 10.8 Å². The third-order valence-corrected chi connectivity index (χ3v) is 7.16. The number of quaternary nitrogens is 1. The summed E-state index contributed by atoms with van der Waals surface area (Å²) in [7, 11) is 0. The molecule has 164 valence electrons. The molecule has 2 fully saturated rings. The first-order valence-corrected chi connectivity index (χ1v) is 11.5. The smallest absolute Gasteiger partial charge is 0.319 e. The largest absolute Gasteiger partial charge is 0.329 e. The van der Waals surface area contributed by atoms with Gasteiger partial charge in [0.05, 0.1) is 13.1 Å². The van der Waals surface area contributed by atoms with E-state index in [1.165, 1.54) is 15.4 Å². The molecule has 2 aliphatic rings. The number of nitrogens with one attached hydrogen (secondary N) is 2. The first kappa shape index (κ1) is 20.7. The van der Waals surface area contributed by atoms with E-state index in [0.29, 0.717) is 12.6 Å². The van der Waals surface area contributed by atoms with E-state index < -0.39 is 5.54 Å². The minimum Gasteiger partial charge on any atom is -0.319 e. The van der Waals surface area contributed by atoms with E-state index in [2.05, 4.69) is 35.6 Å². The van der Waals surface area contributed by atoms with Crippen LogP contribution < -0.4 is 10.2 Å². The van der Waals surface area contributed by atoms with Gasteiger partial charge in [-0.1, -0.05) is 66.7 Å². The number of carbonyl (C=O) groups excluding carboxylic acids is 2. The fraction of sp³-hybridized carbons (Fsp3) is 0.333. The Bertz CT molecular complexity index is 1140. The number of amides is 3. The minimum atomic E-state index is -1.02. The molecule has 0 radical (unpaired) electrons. The van der Waals surface area contributed by atoms with E-state index in [-0.39, 0.29) is 11.9 Å². The summed E-state index contributed by atoms with van der Waals surface area (Å²) in [6.45, 7) is 4.23. The molecule has 2 N–H and O–H groups in total. The lowest BCUT2D eigenvalue weighted by molar-refractivity contribution is -0.913. The Labute approximate surface area is 189 Å². The Morgan fingerprint density at radius 1 is 0.938 bits per heavy atom. The summed E-state index contributed by atoms with van der Waals surface area (Å²) in [4.78, 5) is 28.9. The second-order valence-electron chi connectivity index (χ2n) is 9.39. The van der Waals surface area contributed by atoms with Gasteiger partial charge in [0.2, 0.25) is 0 Å². The number of fused-ring (bicyclic) bond motifs is 1. The number of hydrogen-bond acceptors (Lipinski definition) is 2. The molecular formula is C27H30N3O2+. The SMILES string of the molecule is C[C@]1(c2ccc3ccccc3c2)NC(=O)N(C[NH+]2CCC(Cc3ccccc3)CC2)C1=O. The van der Waals surface area contributed by atoms with Crippen LogP contribution in [0.1, 0.15) is 30.9 Å². The van der Waals surface area contributed by atoms with Crippen LogP contribution in [0.15, 0.2) is 72.8 Å². The molecule has 0 aliphatic carbocycles. The molecule has 0 aromatic heterocycles. The molecule has 2 saturated heterocycles. The van der Waals surface area contributed by atoms with Crippen LogP contribution in [0.4, 0.5) is 4.79 Å². The molecule has 32 heavy (non-hydrogen) atoms. The molecule has 0 spiro atoms. The lowest BCUT2D eigenvalue weighted by Gasteiger charge is -2.31. The van der Waals surface area contributed by atoms with Crippen molar-refractivity contribution in [3.8, 4) is 0 Å². The van der Waals surface area contributed by atoms with Gasteiger partial charge < -0.3 is 10.2 Å². The van der Waals surface area contributed by atoms with Gasteiger partial charge in [0, 0.05) is 0 Å². The predicted molar refractivity (Wildman–Crippen MR) is 125 cm³/mol. The van der Waals surface area contributed by atoms with Gasteiger partial charge in [0.1, 0.15) is 5.54 Å². The van der Waals surface area contributed by atoms with E-state index >= 15 is 0 Å². The summed E-state index contributed by atoms with van der Waals surface area (Å²) in [6.07, 6.45) is 3.35. The Kier molecular flexibility index (Phi) is 5.43. The second-order valence-corrected chi connectivity index (χ2v) is 9.39. The molecule has 0 bridgehead atoms. The Hall–Kier alpha value is -3.18. The fourth-order valence-corrected chi connectivity index (χ4v) is 5.16. The van der Waals surface area contributed by atoms with Crippen molar-refractivity contribution >= 4 is 22.7 Å². The van der Waals surface area contributed by atoms with Crippen molar-refractivity contribution in [2.75, 3.05) is 19.8 Å². The maximum absolute atomic E-state index is 13.4. The highest BCUT2D eigenvalue weighted by Crippen LogP contribution is 2.30. The fourth-order valence-electron chi connectivity index (χ4n) is 5.16. The van der Waals surface area contributed by atoms with Gasteiger partial charge in [-0.25, -0.2) is 9.69 Å². The first-order chi connectivity index (χ1) is 15.5. The lowest BCUT2D eigenvalue weighted by atomic mass is 9.90. The highest BCUT2D eigenvalue weighted by atomic mass is 16.2. The molecule has 5 nitrogen and oxygen atoms in total. The van der Waals surface area contributed by atoms with Crippen LogP contribution in [0.2, 0.25) is 0 Å². The highest BCUT2D eigenvalue weighted by Gasteiger charge is 2.50. The number of likely N-dealkylation sites (tertiary alicyclic amines) is 1. The van der Waals surface area contributed by atoms with Gasteiger partial charge in [-0.15, -0.1) is 0 Å². The number of carbonyl (C=O) groups is 2. The number of piperidine rings is 1. The highest BCUT2D eigenvalue weighted by molar-refractivity contribution is 6.07. The number of rotatable bonds is 5. The molecule has 3 aromatic rings. The predicted octanol–water partition coefficient (Wildman–Crippen LogP) is 3.10.